The van der Waals surface area contributed by atoms with Crippen molar-refractivity contribution in [2.75, 3.05) is 6.61 Å². The predicted octanol–water partition coefficient (Wildman–Crippen LogP) is 5.21. The van der Waals surface area contributed by atoms with Crippen molar-refractivity contribution >= 4 is 20.2 Å². The highest BCUT2D eigenvalue weighted by Crippen LogP contribution is 2.39. The minimum atomic E-state index is -4.48. The lowest BCUT2D eigenvalue weighted by molar-refractivity contribution is -0.355. The molecule has 2 aliphatic rings. The van der Waals surface area contributed by atoms with Gasteiger partial charge in [-0.1, -0.05) is 96.1 Å². The molecule has 0 saturated carbocycles. The lowest BCUT2D eigenvalue weighted by atomic mass is 9.98. The van der Waals surface area contributed by atoms with Crippen LogP contribution in [-0.4, -0.2) is 54.1 Å². The van der Waals surface area contributed by atoms with E-state index in [9.17, 15) is 16.8 Å². The minimum absolute atomic E-state index is 0.0130. The van der Waals surface area contributed by atoms with E-state index in [1.54, 1.807) is 36.4 Å². The molecule has 10 nitrogen and oxygen atoms in total. The summed E-state index contributed by atoms with van der Waals surface area (Å²) in [6.07, 6.45) is -7.45. The van der Waals surface area contributed by atoms with Gasteiger partial charge in [-0.05, 0) is 43.7 Å². The third-order valence-corrected chi connectivity index (χ3v) is 10.4. The zero-order valence-electron chi connectivity index (χ0n) is 25.2. The van der Waals surface area contributed by atoms with Gasteiger partial charge in [0.2, 0.25) is 0 Å². The van der Waals surface area contributed by atoms with E-state index in [-0.39, 0.29) is 23.0 Å². The number of ether oxygens (including phenoxy) is 4. The van der Waals surface area contributed by atoms with Crippen LogP contribution >= 0.6 is 0 Å². The van der Waals surface area contributed by atoms with Crippen LogP contribution in [0.4, 0.5) is 0 Å². The second kappa shape index (κ2) is 13.7. The normalized spacial score (nSPS) is 25.1. The molecule has 242 valence electrons. The predicted molar refractivity (Wildman–Crippen MR) is 166 cm³/mol. The Bertz CT molecular complexity index is 1810. The summed E-state index contributed by atoms with van der Waals surface area (Å²) in [5.41, 5.74) is 3.15. The molecule has 4 aromatic carbocycles. The summed E-state index contributed by atoms with van der Waals surface area (Å²) < 4.78 is 91.2. The Kier molecular flexibility index (Phi) is 9.69. The number of aryl methyl sites for hydroxylation is 2. The van der Waals surface area contributed by atoms with Crippen LogP contribution < -0.4 is 0 Å². The van der Waals surface area contributed by atoms with E-state index in [4.69, 9.17) is 27.3 Å². The smallest absolute Gasteiger partial charge is 0.297 e. The van der Waals surface area contributed by atoms with Gasteiger partial charge < -0.3 is 18.9 Å². The second-order valence-electron chi connectivity index (χ2n) is 11.2. The quantitative estimate of drug-likeness (QED) is 0.209. The first-order chi connectivity index (χ1) is 22.1. The maximum atomic E-state index is 13.7. The zero-order chi connectivity index (χ0) is 32.3. The third kappa shape index (κ3) is 7.40. The van der Waals surface area contributed by atoms with Crippen LogP contribution in [0.5, 0.6) is 0 Å². The van der Waals surface area contributed by atoms with Crippen LogP contribution in [0.15, 0.2) is 119 Å². The highest BCUT2D eigenvalue weighted by atomic mass is 32.2. The van der Waals surface area contributed by atoms with Crippen LogP contribution in [0.3, 0.4) is 0 Å². The van der Waals surface area contributed by atoms with Crippen molar-refractivity contribution in [3.8, 4) is 0 Å². The van der Waals surface area contributed by atoms with Crippen molar-refractivity contribution in [1.29, 1.82) is 0 Å². The summed E-state index contributed by atoms with van der Waals surface area (Å²) in [5.74, 6) is 0. The van der Waals surface area contributed by atoms with Crippen molar-refractivity contribution in [1.82, 2.24) is 0 Å². The van der Waals surface area contributed by atoms with Crippen LogP contribution in [0.25, 0.3) is 0 Å². The molecule has 0 spiro atoms. The first kappa shape index (κ1) is 32.5. The molecule has 2 aliphatic heterocycles. The molecule has 0 aromatic heterocycles. The molecule has 2 saturated heterocycles. The molecule has 2 fully saturated rings. The monoisotopic (exact) mass is 666 g/mol. The molecular formula is C34H34O10S2. The number of hydrogen-bond donors (Lipinski definition) is 0. The molecule has 12 heteroatoms. The van der Waals surface area contributed by atoms with Crippen molar-refractivity contribution in [2.24, 2.45) is 0 Å². The third-order valence-electron chi connectivity index (χ3n) is 7.71. The Morgan fingerprint density at radius 1 is 0.652 bits per heavy atom. The molecule has 4 aromatic rings. The van der Waals surface area contributed by atoms with Gasteiger partial charge in [-0.2, -0.15) is 16.8 Å². The van der Waals surface area contributed by atoms with E-state index in [1.807, 2.05) is 62.4 Å². The number of benzene rings is 4. The summed E-state index contributed by atoms with van der Waals surface area (Å²) >= 11 is 0. The zero-order valence-corrected chi connectivity index (χ0v) is 26.8. The summed E-state index contributed by atoms with van der Waals surface area (Å²) in [7, 11) is -8.94. The van der Waals surface area contributed by atoms with Gasteiger partial charge in [0.25, 0.3) is 20.2 Å². The lowest BCUT2D eigenvalue weighted by Gasteiger charge is -2.48. The summed E-state index contributed by atoms with van der Waals surface area (Å²) in [5, 5.41) is 0. The highest BCUT2D eigenvalue weighted by Gasteiger charge is 2.55. The highest BCUT2D eigenvalue weighted by molar-refractivity contribution is 7.87. The molecule has 0 amide bonds. The van der Waals surface area contributed by atoms with Crippen molar-refractivity contribution < 1.29 is 44.1 Å². The molecular weight excluding hydrogens is 632 g/mol. The van der Waals surface area contributed by atoms with Gasteiger partial charge in [0, 0.05) is 5.56 Å². The Hall–Kier alpha value is -3.46. The lowest BCUT2D eigenvalue weighted by Crippen LogP contribution is -2.64. The van der Waals surface area contributed by atoms with E-state index in [2.05, 4.69) is 0 Å². The Morgan fingerprint density at radius 3 is 1.74 bits per heavy atom. The van der Waals surface area contributed by atoms with Gasteiger partial charge >= 0.3 is 0 Å². The van der Waals surface area contributed by atoms with E-state index in [1.165, 1.54) is 24.3 Å². The Balaban J connectivity index is 1.40. The maximum absolute atomic E-state index is 13.7. The van der Waals surface area contributed by atoms with Gasteiger partial charge in [0.15, 0.2) is 18.7 Å². The van der Waals surface area contributed by atoms with Crippen LogP contribution in [0.2, 0.25) is 0 Å². The van der Waals surface area contributed by atoms with Gasteiger partial charge in [-0.15, -0.1) is 0 Å². The molecule has 1 unspecified atom stereocenters. The molecule has 6 atom stereocenters. The van der Waals surface area contributed by atoms with E-state index < -0.39 is 57.2 Å². The summed E-state index contributed by atoms with van der Waals surface area (Å²) in [6.45, 7) is 3.65. The average molecular weight is 667 g/mol. The van der Waals surface area contributed by atoms with Crippen molar-refractivity contribution in [2.45, 2.75) is 67.2 Å². The number of hydrogen-bond acceptors (Lipinski definition) is 10. The molecule has 2 heterocycles. The molecule has 0 radical (unpaired) electrons. The Labute approximate surface area is 269 Å². The van der Waals surface area contributed by atoms with Crippen molar-refractivity contribution in [3.05, 3.63) is 131 Å². The topological polar surface area (TPSA) is 124 Å². The standard InChI is InChI=1S/C34H34O10S2/c1-23-13-17-27(18-14-23)45(35,36)43-31-30-29(22-40-33(42-30)26-11-7-4-8-12-26)41-34(39-21-25-9-5-3-6-10-25)32(31)44-46(37,38)28-19-15-24(2)16-20-28/h3-20,29-34H,21-22H2,1-2H3/t29-,30-,31+,32-,33?,34-/m1/s1. The summed E-state index contributed by atoms with van der Waals surface area (Å²) in [4.78, 5) is -0.244. The van der Waals surface area contributed by atoms with Crippen LogP contribution in [-0.2, 0) is 54.2 Å². The average Bonchev–Trinajstić information content (AvgIpc) is 3.06. The van der Waals surface area contributed by atoms with Gasteiger partial charge in [0.1, 0.15) is 18.3 Å². The first-order valence-corrected chi connectivity index (χ1v) is 17.5. The Morgan fingerprint density at radius 2 is 1.17 bits per heavy atom. The van der Waals surface area contributed by atoms with E-state index in [0.717, 1.165) is 16.7 Å². The second-order valence-corrected chi connectivity index (χ2v) is 14.3. The van der Waals surface area contributed by atoms with Gasteiger partial charge in [0.05, 0.1) is 23.0 Å². The molecule has 6 rings (SSSR count). The largest absolute Gasteiger partial charge is 0.346 e. The molecule has 0 aliphatic carbocycles. The fourth-order valence-electron chi connectivity index (χ4n) is 5.24. The SMILES string of the molecule is Cc1ccc(S(=O)(=O)O[C@@H]2[C@@H](OS(=O)(=O)c3ccc(C)cc3)[C@H](OCc3ccccc3)O[C@@H]3COC(c4ccccc4)O[C@@H]23)cc1. The van der Waals surface area contributed by atoms with E-state index >= 15 is 0 Å². The summed E-state index contributed by atoms with van der Waals surface area (Å²) in [6, 6.07) is 30.5. The van der Waals surface area contributed by atoms with Gasteiger partial charge in [-0.25, -0.2) is 0 Å². The van der Waals surface area contributed by atoms with E-state index in [0.29, 0.717) is 5.56 Å². The number of fused-ring (bicyclic) bond motifs is 1. The number of rotatable bonds is 10. The fraction of sp³-hybridized carbons (Fsp3) is 0.294. The van der Waals surface area contributed by atoms with Crippen molar-refractivity contribution in [3.63, 3.8) is 0 Å². The van der Waals surface area contributed by atoms with Crippen LogP contribution in [0, 0.1) is 13.8 Å². The maximum Gasteiger partial charge on any atom is 0.297 e. The fourth-order valence-corrected chi connectivity index (χ4v) is 7.40. The molecule has 0 N–H and O–H groups in total. The minimum Gasteiger partial charge on any atom is -0.346 e. The first-order valence-electron chi connectivity index (χ1n) is 14.7. The van der Waals surface area contributed by atoms with Crippen LogP contribution in [0.1, 0.15) is 28.5 Å². The molecule has 0 bridgehead atoms. The molecule has 46 heavy (non-hydrogen) atoms. The van der Waals surface area contributed by atoms with Gasteiger partial charge in [-0.3, -0.25) is 8.37 Å².